The fraction of sp³-hybridized carbons (Fsp3) is 0.800. The minimum atomic E-state index is -0.557. The van der Waals surface area contributed by atoms with Gasteiger partial charge in [-0.3, -0.25) is 0 Å². The predicted molar refractivity (Wildman–Crippen MR) is 91.1 cm³/mol. The zero-order valence-electron chi connectivity index (χ0n) is 15.3. The van der Waals surface area contributed by atoms with Crippen molar-refractivity contribution in [3.8, 4) is 0 Å². The molecule has 3 aliphatic carbocycles. The normalized spacial score (nSPS) is 37.7. The second kappa shape index (κ2) is 6.20. The van der Waals surface area contributed by atoms with Crippen LogP contribution in [0.5, 0.6) is 0 Å². The Kier molecular flexibility index (Phi) is 4.52. The molecule has 24 heavy (non-hydrogen) atoms. The van der Waals surface area contributed by atoms with E-state index in [-0.39, 0.29) is 5.60 Å². The molecule has 0 spiro atoms. The molecule has 0 radical (unpaired) electrons. The van der Waals surface area contributed by atoms with E-state index in [0.717, 1.165) is 30.6 Å². The van der Waals surface area contributed by atoms with Crippen LogP contribution in [0.4, 0.5) is 0 Å². The van der Waals surface area contributed by atoms with Crippen molar-refractivity contribution in [2.24, 2.45) is 23.7 Å². The van der Waals surface area contributed by atoms with Crippen LogP contribution < -0.4 is 0 Å². The summed E-state index contributed by atoms with van der Waals surface area (Å²) in [7, 11) is 0. The monoisotopic (exact) mass is 334 g/mol. The van der Waals surface area contributed by atoms with Crippen LogP contribution in [-0.2, 0) is 19.1 Å². The number of carbonyl (C=O) groups excluding carboxylic acids is 2. The number of ether oxygens (including phenoxy) is 2. The third-order valence-electron chi connectivity index (χ3n) is 6.25. The Balaban J connectivity index is 1.62. The van der Waals surface area contributed by atoms with Gasteiger partial charge in [-0.2, -0.15) is 0 Å². The molecule has 5 atom stereocenters. The molecule has 0 amide bonds. The molecule has 3 aliphatic rings. The van der Waals surface area contributed by atoms with Gasteiger partial charge in [-0.05, 0) is 70.6 Å². The van der Waals surface area contributed by atoms with E-state index in [2.05, 4.69) is 6.92 Å². The number of fused-ring (bicyclic) bond motifs is 5. The van der Waals surface area contributed by atoms with Crippen molar-refractivity contribution in [2.45, 2.75) is 77.4 Å². The van der Waals surface area contributed by atoms with Gasteiger partial charge < -0.3 is 9.47 Å². The SMILES string of the molecule is CCC1(OC(=O)C=CC(=O)OC(C)(C)C)CC2CC1C1CCCC21. The summed E-state index contributed by atoms with van der Waals surface area (Å²) in [5.74, 6) is 1.93. The van der Waals surface area contributed by atoms with E-state index in [0.29, 0.717) is 5.92 Å². The summed E-state index contributed by atoms with van der Waals surface area (Å²) >= 11 is 0. The zero-order chi connectivity index (χ0) is 17.5. The topological polar surface area (TPSA) is 52.6 Å². The quantitative estimate of drug-likeness (QED) is 0.575. The van der Waals surface area contributed by atoms with Crippen LogP contribution in [0.2, 0.25) is 0 Å². The van der Waals surface area contributed by atoms with Crippen LogP contribution in [0.25, 0.3) is 0 Å². The lowest BCUT2D eigenvalue weighted by Gasteiger charge is -2.41. The van der Waals surface area contributed by atoms with E-state index in [1.54, 1.807) is 20.8 Å². The number of hydrogen-bond acceptors (Lipinski definition) is 4. The van der Waals surface area contributed by atoms with E-state index in [4.69, 9.17) is 9.47 Å². The highest BCUT2D eigenvalue weighted by molar-refractivity contribution is 5.92. The van der Waals surface area contributed by atoms with Crippen molar-refractivity contribution in [3.63, 3.8) is 0 Å². The third kappa shape index (κ3) is 3.25. The molecule has 134 valence electrons. The molecule has 0 aliphatic heterocycles. The first-order chi connectivity index (χ1) is 11.2. The molecular formula is C20H30O4. The number of rotatable bonds is 4. The van der Waals surface area contributed by atoms with Crippen LogP contribution in [0.1, 0.15) is 66.2 Å². The van der Waals surface area contributed by atoms with Crippen molar-refractivity contribution in [1.29, 1.82) is 0 Å². The van der Waals surface area contributed by atoms with Gasteiger partial charge in [-0.1, -0.05) is 13.3 Å². The molecule has 4 nitrogen and oxygen atoms in total. The first-order valence-electron chi connectivity index (χ1n) is 9.38. The molecule has 0 aromatic carbocycles. The van der Waals surface area contributed by atoms with Crippen LogP contribution in [0.15, 0.2) is 12.2 Å². The average Bonchev–Trinajstić information content (AvgIpc) is 3.14. The molecular weight excluding hydrogens is 304 g/mol. The second-order valence-corrected chi connectivity index (χ2v) is 8.77. The highest BCUT2D eigenvalue weighted by Crippen LogP contribution is 2.64. The molecule has 5 unspecified atom stereocenters. The van der Waals surface area contributed by atoms with Gasteiger partial charge in [-0.15, -0.1) is 0 Å². The molecule has 0 heterocycles. The highest BCUT2D eigenvalue weighted by atomic mass is 16.6. The molecule has 0 aromatic heterocycles. The fourth-order valence-electron chi connectivity index (χ4n) is 5.52. The Morgan fingerprint density at radius 3 is 2.46 bits per heavy atom. The van der Waals surface area contributed by atoms with Gasteiger partial charge in [0, 0.05) is 18.1 Å². The second-order valence-electron chi connectivity index (χ2n) is 8.77. The first kappa shape index (κ1) is 17.5. The van der Waals surface area contributed by atoms with E-state index in [1.165, 1.54) is 37.8 Å². The maximum Gasteiger partial charge on any atom is 0.331 e. The molecule has 3 rings (SSSR count). The highest BCUT2D eigenvalue weighted by Gasteiger charge is 2.61. The number of carbonyl (C=O) groups is 2. The van der Waals surface area contributed by atoms with Gasteiger partial charge in [0.2, 0.25) is 0 Å². The summed E-state index contributed by atoms with van der Waals surface area (Å²) < 4.78 is 11.1. The minimum Gasteiger partial charge on any atom is -0.457 e. The summed E-state index contributed by atoms with van der Waals surface area (Å²) in [5.41, 5.74) is -0.871. The van der Waals surface area contributed by atoms with Crippen molar-refractivity contribution < 1.29 is 19.1 Å². The van der Waals surface area contributed by atoms with Crippen LogP contribution in [0, 0.1) is 23.7 Å². The average molecular weight is 334 g/mol. The van der Waals surface area contributed by atoms with E-state index >= 15 is 0 Å². The number of esters is 2. The summed E-state index contributed by atoms with van der Waals surface area (Å²) in [4.78, 5) is 24.0. The van der Waals surface area contributed by atoms with Gasteiger partial charge in [0.15, 0.2) is 0 Å². The molecule has 4 heteroatoms. The van der Waals surface area contributed by atoms with Crippen molar-refractivity contribution >= 4 is 11.9 Å². The summed E-state index contributed by atoms with van der Waals surface area (Å²) in [6, 6.07) is 0. The van der Waals surface area contributed by atoms with Crippen LogP contribution in [0.3, 0.4) is 0 Å². The lowest BCUT2D eigenvalue weighted by Crippen LogP contribution is -2.44. The Labute approximate surface area is 145 Å². The Bertz CT molecular complexity index is 544. The summed E-state index contributed by atoms with van der Waals surface area (Å²) in [6.45, 7) is 7.53. The fourth-order valence-corrected chi connectivity index (χ4v) is 5.52. The smallest absolute Gasteiger partial charge is 0.331 e. The summed E-state index contributed by atoms with van der Waals surface area (Å²) in [5, 5.41) is 0. The minimum absolute atomic E-state index is 0.314. The van der Waals surface area contributed by atoms with Crippen LogP contribution >= 0.6 is 0 Å². The summed E-state index contributed by atoms with van der Waals surface area (Å²) in [6.07, 6.45) is 9.47. The Hall–Kier alpha value is -1.32. The zero-order valence-corrected chi connectivity index (χ0v) is 15.3. The van der Waals surface area contributed by atoms with Gasteiger partial charge in [0.25, 0.3) is 0 Å². The molecule has 2 bridgehead atoms. The molecule has 3 saturated carbocycles. The molecule has 0 N–H and O–H groups in total. The van der Waals surface area contributed by atoms with Gasteiger partial charge in [-0.25, -0.2) is 9.59 Å². The predicted octanol–water partition coefficient (Wildman–Crippen LogP) is 4.03. The maximum atomic E-state index is 12.3. The molecule has 0 aromatic rings. The largest absolute Gasteiger partial charge is 0.457 e. The number of hydrogen-bond donors (Lipinski definition) is 0. The van der Waals surface area contributed by atoms with Gasteiger partial charge >= 0.3 is 11.9 Å². The molecule has 3 fully saturated rings. The van der Waals surface area contributed by atoms with Crippen molar-refractivity contribution in [3.05, 3.63) is 12.2 Å². The first-order valence-corrected chi connectivity index (χ1v) is 9.38. The lowest BCUT2D eigenvalue weighted by atomic mass is 9.71. The van der Waals surface area contributed by atoms with E-state index in [1.807, 2.05) is 0 Å². The third-order valence-corrected chi connectivity index (χ3v) is 6.25. The molecule has 0 saturated heterocycles. The van der Waals surface area contributed by atoms with Crippen LogP contribution in [-0.4, -0.2) is 23.1 Å². The van der Waals surface area contributed by atoms with Gasteiger partial charge in [0.1, 0.15) is 11.2 Å². The van der Waals surface area contributed by atoms with Crippen molar-refractivity contribution in [2.75, 3.05) is 0 Å². The van der Waals surface area contributed by atoms with E-state index in [9.17, 15) is 9.59 Å². The lowest BCUT2D eigenvalue weighted by molar-refractivity contribution is -0.164. The van der Waals surface area contributed by atoms with E-state index < -0.39 is 17.5 Å². The Morgan fingerprint density at radius 2 is 1.79 bits per heavy atom. The van der Waals surface area contributed by atoms with Gasteiger partial charge in [0.05, 0.1) is 0 Å². The maximum absolute atomic E-state index is 12.3. The standard InChI is InChI=1S/C20H30O4/c1-5-20(12-13-11-16(20)15-8-6-7-14(13)15)24-18(22)10-9-17(21)23-19(2,3)4/h9-10,13-16H,5-8,11-12H2,1-4H3. The Morgan fingerprint density at radius 1 is 1.12 bits per heavy atom. The van der Waals surface area contributed by atoms with Crippen molar-refractivity contribution in [1.82, 2.24) is 0 Å².